The minimum atomic E-state index is -5.57. The molecule has 0 aromatic heterocycles. The largest absolute Gasteiger partial charge is 1.00 e. The summed E-state index contributed by atoms with van der Waals surface area (Å²) in [6.07, 6.45) is -5.82. The fourth-order valence-electron chi connectivity index (χ4n) is 1.09. The first-order valence-electron chi connectivity index (χ1n) is 3.74. The van der Waals surface area contributed by atoms with Crippen molar-refractivity contribution in [3.8, 4) is 0 Å². The van der Waals surface area contributed by atoms with Crippen LogP contribution in [0, 0.1) is 5.21 Å². The number of rotatable bonds is 6. The summed E-state index contributed by atoms with van der Waals surface area (Å²) in [4.78, 5) is 60.0. The standard InChI is InChI=1S/C3H12NO10P3.5K/c5-4(1-15(6,7)8,2-16(9,10)11)3-17(12,13)14;;;;;/h1-3H2,(H2,6,7,8)(H2,9,10,11)(H2,12,13,14);;;;;/q;5*+1/p-5. The van der Waals surface area contributed by atoms with Crippen molar-refractivity contribution in [2.24, 2.45) is 0 Å². The van der Waals surface area contributed by atoms with Gasteiger partial charge in [-0.2, -0.15) is 0 Å². The smallest absolute Gasteiger partial charge is 0.807 e. The van der Waals surface area contributed by atoms with Gasteiger partial charge in [-0.15, -0.1) is 0 Å². The Bertz CT molecular complexity index is 358. The number of nitrogens with zero attached hydrogens (tertiary/aromatic N) is 1. The molecule has 0 saturated heterocycles. The van der Waals surface area contributed by atoms with Gasteiger partial charge in [-0.1, -0.05) is 0 Å². The van der Waals surface area contributed by atoms with Crippen LogP contribution in [0.25, 0.3) is 0 Å². The summed E-state index contributed by atoms with van der Waals surface area (Å²) >= 11 is 0. The fourth-order valence-corrected chi connectivity index (χ4v) is 4.08. The van der Waals surface area contributed by atoms with Gasteiger partial charge < -0.3 is 52.9 Å². The molecule has 0 radical (unpaired) electrons. The minimum Gasteiger partial charge on any atom is -0.807 e. The van der Waals surface area contributed by atoms with Crippen molar-refractivity contribution in [2.45, 2.75) is 0 Å². The van der Waals surface area contributed by atoms with Gasteiger partial charge in [0.15, 0.2) is 7.60 Å². The minimum absolute atomic E-state index is 0. The Morgan fingerprint density at radius 2 is 0.909 bits per heavy atom. The molecule has 0 spiro atoms. The molecular weight excluding hydrogens is 498 g/mol. The van der Waals surface area contributed by atoms with Crippen LogP contribution in [-0.2, 0) is 13.7 Å². The number of quaternary nitrogens is 1. The molecule has 104 valence electrons. The Hall–Kier alpha value is 8.55. The van der Waals surface area contributed by atoms with Crippen LogP contribution < -0.4 is 281 Å². The predicted molar refractivity (Wildman–Crippen MR) is 43.3 cm³/mol. The molecule has 0 rings (SSSR count). The molecular formula is C3H7K5NO10P3. The third-order valence-electron chi connectivity index (χ3n) is 1.30. The Morgan fingerprint density at radius 3 is 1.05 bits per heavy atom. The van der Waals surface area contributed by atoms with Crippen molar-refractivity contribution in [2.75, 3.05) is 18.9 Å². The third kappa shape index (κ3) is 30.7. The van der Waals surface area contributed by atoms with Crippen molar-refractivity contribution >= 4 is 22.8 Å². The van der Waals surface area contributed by atoms with E-state index in [0.29, 0.717) is 0 Å². The van der Waals surface area contributed by atoms with E-state index in [4.69, 9.17) is 4.89 Å². The quantitative estimate of drug-likeness (QED) is 0.156. The molecule has 0 heterocycles. The van der Waals surface area contributed by atoms with Crippen LogP contribution in [0.1, 0.15) is 0 Å². The number of hydroxylamine groups is 3. The predicted octanol–water partition coefficient (Wildman–Crippen LogP) is -19.4. The second-order valence-corrected chi connectivity index (χ2v) is 7.91. The van der Waals surface area contributed by atoms with Crippen LogP contribution in [0.3, 0.4) is 0 Å². The number of hydrogen-bond acceptors (Lipinski definition) is 9. The summed E-state index contributed by atoms with van der Waals surface area (Å²) < 4.78 is 28.3. The van der Waals surface area contributed by atoms with Crippen LogP contribution in [-0.4, -0.2) is 28.4 Å². The Labute approximate surface area is 340 Å². The van der Waals surface area contributed by atoms with Gasteiger partial charge in [0.05, 0.1) is 0 Å². The first-order valence-corrected chi connectivity index (χ1v) is 8.96. The molecule has 0 fully saturated rings. The molecule has 19 heteroatoms. The van der Waals surface area contributed by atoms with E-state index in [2.05, 4.69) is 0 Å². The molecule has 1 atom stereocenters. The average Bonchev–Trinajstić information content (AvgIpc) is 1.65. The van der Waals surface area contributed by atoms with Gasteiger partial charge in [0.1, 0.15) is 18.9 Å². The van der Waals surface area contributed by atoms with Crippen LogP contribution >= 0.6 is 22.8 Å². The van der Waals surface area contributed by atoms with Crippen molar-refractivity contribution in [3.63, 3.8) is 0 Å². The average molecular weight is 505 g/mol. The SMILES string of the molecule is O=P([O-])([O-])C[N+]([O-])(CP(=O)([O-])[O-])CP(=O)([O-])O.[K+].[K+].[K+].[K+].[K+]. The van der Waals surface area contributed by atoms with Crippen molar-refractivity contribution in [1.82, 2.24) is 0 Å². The van der Waals surface area contributed by atoms with Crippen molar-refractivity contribution in [1.29, 1.82) is 0 Å². The van der Waals surface area contributed by atoms with Gasteiger partial charge in [0.2, 0.25) is 0 Å². The molecule has 0 aromatic rings. The van der Waals surface area contributed by atoms with E-state index in [1.807, 2.05) is 0 Å². The van der Waals surface area contributed by atoms with E-state index >= 15 is 0 Å². The Morgan fingerprint density at radius 1 is 0.682 bits per heavy atom. The van der Waals surface area contributed by atoms with E-state index in [0.717, 1.165) is 0 Å². The van der Waals surface area contributed by atoms with E-state index in [1.54, 1.807) is 0 Å². The summed E-state index contributed by atoms with van der Waals surface area (Å²) in [6, 6.07) is 0. The monoisotopic (exact) mass is 505 g/mol. The van der Waals surface area contributed by atoms with Gasteiger partial charge in [-0.25, -0.2) is 0 Å². The molecule has 0 amide bonds. The fraction of sp³-hybridized carbons (Fsp3) is 1.00. The first kappa shape index (κ1) is 44.3. The zero-order chi connectivity index (χ0) is 14.1. The van der Waals surface area contributed by atoms with Crippen LogP contribution in [0.2, 0.25) is 0 Å². The van der Waals surface area contributed by atoms with Crippen molar-refractivity contribution in [3.05, 3.63) is 5.21 Å². The van der Waals surface area contributed by atoms with Gasteiger partial charge in [-0.3, -0.25) is 0 Å². The second-order valence-electron chi connectivity index (χ2n) is 3.34. The maximum absolute atomic E-state index is 11.4. The topological polar surface area (TPSA) is 210 Å². The zero-order valence-corrected chi connectivity index (χ0v) is 31.3. The van der Waals surface area contributed by atoms with Gasteiger partial charge in [-0.05, 0) is 15.2 Å². The molecule has 11 nitrogen and oxygen atoms in total. The first-order chi connectivity index (χ1) is 7.12. The van der Waals surface area contributed by atoms with E-state index in [9.17, 15) is 43.4 Å². The van der Waals surface area contributed by atoms with Gasteiger partial charge in [0.25, 0.3) is 0 Å². The molecule has 0 aliphatic carbocycles. The van der Waals surface area contributed by atoms with Crippen molar-refractivity contribution < 1.29 is 305 Å². The van der Waals surface area contributed by atoms with Crippen LogP contribution in [0.5, 0.6) is 0 Å². The normalized spacial score (nSPS) is 13.8. The van der Waals surface area contributed by atoms with Crippen LogP contribution in [0.4, 0.5) is 0 Å². The Balaban J connectivity index is -0.000000128. The summed E-state index contributed by atoms with van der Waals surface area (Å²) in [6.45, 7) is 0. The van der Waals surface area contributed by atoms with E-state index in [-0.39, 0.29) is 257 Å². The molecule has 0 aromatic carbocycles. The molecule has 1 N–H and O–H groups in total. The van der Waals surface area contributed by atoms with Gasteiger partial charge >= 0.3 is 257 Å². The third-order valence-corrected chi connectivity index (χ3v) is 3.89. The zero-order valence-electron chi connectivity index (χ0n) is 13.0. The Kier molecular flexibility index (Phi) is 38.3. The maximum atomic E-state index is 11.4. The van der Waals surface area contributed by atoms with E-state index < -0.39 is 46.3 Å². The molecule has 1 unspecified atom stereocenters. The number of hydrogen-bond donors (Lipinski definition) is 1. The maximum Gasteiger partial charge on any atom is 1.00 e. The summed E-state index contributed by atoms with van der Waals surface area (Å²) in [5.74, 6) is 0. The molecule has 0 bridgehead atoms. The van der Waals surface area contributed by atoms with E-state index in [1.165, 1.54) is 0 Å². The molecule has 22 heavy (non-hydrogen) atoms. The molecule has 0 aliphatic heterocycles. The summed E-state index contributed by atoms with van der Waals surface area (Å²) in [5, 5.41) is 11.4. The summed E-state index contributed by atoms with van der Waals surface area (Å²) in [5.41, 5.74) is 0. The molecule has 0 saturated carbocycles. The van der Waals surface area contributed by atoms with Crippen LogP contribution in [0.15, 0.2) is 0 Å². The molecule has 0 aliphatic rings. The summed E-state index contributed by atoms with van der Waals surface area (Å²) in [7, 11) is -16.5. The second kappa shape index (κ2) is 19.1. The van der Waals surface area contributed by atoms with Gasteiger partial charge in [0, 0.05) is 0 Å².